The van der Waals surface area contributed by atoms with Crippen LogP contribution in [0.3, 0.4) is 0 Å². The van der Waals surface area contributed by atoms with Gasteiger partial charge in [0.15, 0.2) is 6.29 Å². The van der Waals surface area contributed by atoms with Gasteiger partial charge >= 0.3 is 0 Å². The Morgan fingerprint density at radius 3 is 1.59 bits per heavy atom. The average molecular weight is 435 g/mol. The highest BCUT2D eigenvalue weighted by Gasteiger charge is 2.46. The Hall–Kier alpha value is -2.54. The third-order valence-corrected chi connectivity index (χ3v) is 5.46. The van der Waals surface area contributed by atoms with Crippen LogP contribution in [0.25, 0.3) is 0 Å². The number of rotatable bonds is 11. The number of hydrogen-bond donors (Lipinski definition) is 0. The topological polar surface area (TPSA) is 46.2 Å². The number of benzene rings is 3. The Bertz CT molecular complexity index is 903. The van der Waals surface area contributed by atoms with Crippen molar-refractivity contribution in [3.63, 3.8) is 0 Å². The minimum atomic E-state index is -0.523. The van der Waals surface area contributed by atoms with Crippen molar-refractivity contribution in [3.05, 3.63) is 108 Å². The van der Waals surface area contributed by atoms with Gasteiger partial charge in [-0.1, -0.05) is 91.0 Å². The maximum absolute atomic E-state index is 6.33. The zero-order valence-corrected chi connectivity index (χ0v) is 18.3. The summed E-state index contributed by atoms with van der Waals surface area (Å²) in [6, 6.07) is 30.3. The molecule has 0 saturated carbocycles. The van der Waals surface area contributed by atoms with Crippen molar-refractivity contribution in [3.8, 4) is 0 Å². The van der Waals surface area contributed by atoms with E-state index in [9.17, 15) is 0 Å². The molecule has 3 aromatic carbocycles. The maximum atomic E-state index is 6.33. The third-order valence-electron chi connectivity index (χ3n) is 5.46. The van der Waals surface area contributed by atoms with E-state index in [1.807, 2.05) is 91.0 Å². The molecule has 5 nitrogen and oxygen atoms in total. The summed E-state index contributed by atoms with van der Waals surface area (Å²) in [4.78, 5) is 0. The molecule has 168 valence electrons. The van der Waals surface area contributed by atoms with Crippen LogP contribution in [0.1, 0.15) is 16.7 Å². The molecule has 0 amide bonds. The second-order valence-corrected chi connectivity index (χ2v) is 7.80. The van der Waals surface area contributed by atoms with E-state index in [0.29, 0.717) is 26.4 Å². The van der Waals surface area contributed by atoms with E-state index >= 15 is 0 Å². The Kier molecular flexibility index (Phi) is 8.42. The minimum Gasteiger partial charge on any atom is -0.374 e. The molecule has 1 saturated heterocycles. The molecule has 5 heteroatoms. The summed E-state index contributed by atoms with van der Waals surface area (Å²) in [5.74, 6) is 0. The van der Waals surface area contributed by atoms with E-state index in [1.54, 1.807) is 7.11 Å². The fourth-order valence-corrected chi connectivity index (χ4v) is 3.79. The molecule has 3 aromatic rings. The van der Waals surface area contributed by atoms with Crippen LogP contribution in [0.15, 0.2) is 91.0 Å². The molecule has 4 rings (SSSR count). The molecule has 0 bridgehead atoms. The normalized spacial score (nSPS) is 22.8. The Morgan fingerprint density at radius 2 is 1.09 bits per heavy atom. The van der Waals surface area contributed by atoms with Crippen molar-refractivity contribution in [2.45, 2.75) is 44.4 Å². The van der Waals surface area contributed by atoms with Gasteiger partial charge in [-0.2, -0.15) is 0 Å². The van der Waals surface area contributed by atoms with Crippen LogP contribution in [0.5, 0.6) is 0 Å². The molecule has 0 radical (unpaired) electrons. The van der Waals surface area contributed by atoms with Crippen LogP contribution in [-0.2, 0) is 43.5 Å². The van der Waals surface area contributed by atoms with Crippen LogP contribution in [0.4, 0.5) is 0 Å². The monoisotopic (exact) mass is 434 g/mol. The first-order valence-corrected chi connectivity index (χ1v) is 10.9. The fraction of sp³-hybridized carbons (Fsp3) is 0.333. The molecule has 1 heterocycles. The molecule has 0 N–H and O–H groups in total. The van der Waals surface area contributed by atoms with E-state index < -0.39 is 6.29 Å². The first-order chi connectivity index (χ1) is 15.8. The van der Waals surface area contributed by atoms with E-state index in [4.69, 9.17) is 23.7 Å². The van der Waals surface area contributed by atoms with Crippen molar-refractivity contribution in [1.29, 1.82) is 0 Å². The first-order valence-electron chi connectivity index (χ1n) is 10.9. The zero-order chi connectivity index (χ0) is 22.0. The van der Waals surface area contributed by atoms with Gasteiger partial charge in [0.2, 0.25) is 0 Å². The Morgan fingerprint density at radius 1 is 0.625 bits per heavy atom. The van der Waals surface area contributed by atoms with Gasteiger partial charge in [0.25, 0.3) is 0 Å². The average Bonchev–Trinajstić information content (AvgIpc) is 3.19. The molecule has 1 unspecified atom stereocenters. The highest BCUT2D eigenvalue weighted by molar-refractivity contribution is 5.15. The summed E-state index contributed by atoms with van der Waals surface area (Å²) in [6.45, 7) is 1.82. The van der Waals surface area contributed by atoms with Crippen molar-refractivity contribution >= 4 is 0 Å². The van der Waals surface area contributed by atoms with Crippen LogP contribution >= 0.6 is 0 Å². The summed E-state index contributed by atoms with van der Waals surface area (Å²) < 4.78 is 30.3. The van der Waals surface area contributed by atoms with Crippen molar-refractivity contribution in [2.75, 3.05) is 13.7 Å². The summed E-state index contributed by atoms with van der Waals surface area (Å²) in [5, 5.41) is 0. The maximum Gasteiger partial charge on any atom is 0.186 e. The predicted molar refractivity (Wildman–Crippen MR) is 122 cm³/mol. The third kappa shape index (κ3) is 6.25. The SMILES string of the molecule is CO[C@@H]1O[C@H](COCc2ccccc2)C(OCc2ccccc2)[C@@H]1OCc1ccccc1. The zero-order valence-electron chi connectivity index (χ0n) is 18.3. The lowest BCUT2D eigenvalue weighted by atomic mass is 10.1. The quantitative estimate of drug-likeness (QED) is 0.436. The number of ether oxygens (including phenoxy) is 5. The Labute approximate surface area is 189 Å². The standard InChI is InChI=1S/C27H30O5/c1-28-27-26(31-19-23-15-9-4-10-16-23)25(30-18-22-13-7-3-8-14-22)24(32-27)20-29-17-21-11-5-2-6-12-21/h2-16,24-27H,17-20H2,1H3/t24-,25?,26+,27-/m1/s1. The fourth-order valence-electron chi connectivity index (χ4n) is 3.79. The van der Waals surface area contributed by atoms with Crippen molar-refractivity contribution in [1.82, 2.24) is 0 Å². The molecule has 1 fully saturated rings. The molecule has 4 atom stereocenters. The molecule has 0 aromatic heterocycles. The van der Waals surface area contributed by atoms with E-state index in [-0.39, 0.29) is 18.3 Å². The van der Waals surface area contributed by atoms with Crippen LogP contribution in [0.2, 0.25) is 0 Å². The van der Waals surface area contributed by atoms with Gasteiger partial charge in [-0.15, -0.1) is 0 Å². The van der Waals surface area contributed by atoms with Crippen molar-refractivity contribution in [2.24, 2.45) is 0 Å². The van der Waals surface area contributed by atoms with E-state index in [0.717, 1.165) is 16.7 Å². The molecule has 1 aliphatic heterocycles. The molecule has 32 heavy (non-hydrogen) atoms. The summed E-state index contributed by atoms with van der Waals surface area (Å²) >= 11 is 0. The van der Waals surface area contributed by atoms with Crippen LogP contribution in [0, 0.1) is 0 Å². The van der Waals surface area contributed by atoms with Gasteiger partial charge in [-0.3, -0.25) is 0 Å². The van der Waals surface area contributed by atoms with Crippen LogP contribution < -0.4 is 0 Å². The Balaban J connectivity index is 1.42. The van der Waals surface area contributed by atoms with Crippen molar-refractivity contribution < 1.29 is 23.7 Å². The summed E-state index contributed by atoms with van der Waals surface area (Å²) in [6.07, 6.45) is -1.51. The largest absolute Gasteiger partial charge is 0.374 e. The second-order valence-electron chi connectivity index (χ2n) is 7.80. The van der Waals surface area contributed by atoms with Gasteiger partial charge in [-0.25, -0.2) is 0 Å². The van der Waals surface area contributed by atoms with Gasteiger partial charge in [0.1, 0.15) is 18.3 Å². The molecular weight excluding hydrogens is 404 g/mol. The minimum absolute atomic E-state index is 0.298. The number of methoxy groups -OCH3 is 1. The lowest BCUT2D eigenvalue weighted by molar-refractivity contribution is -0.170. The molecular formula is C27H30O5. The summed E-state index contributed by atoms with van der Waals surface area (Å²) in [7, 11) is 1.63. The van der Waals surface area contributed by atoms with Gasteiger partial charge < -0.3 is 23.7 Å². The van der Waals surface area contributed by atoms with E-state index in [2.05, 4.69) is 0 Å². The highest BCUT2D eigenvalue weighted by Crippen LogP contribution is 2.29. The van der Waals surface area contributed by atoms with Gasteiger partial charge in [0.05, 0.1) is 26.4 Å². The van der Waals surface area contributed by atoms with Gasteiger partial charge in [0, 0.05) is 7.11 Å². The van der Waals surface area contributed by atoms with Gasteiger partial charge in [-0.05, 0) is 16.7 Å². The molecule has 0 spiro atoms. The highest BCUT2D eigenvalue weighted by atomic mass is 16.7. The van der Waals surface area contributed by atoms with Crippen LogP contribution in [-0.4, -0.2) is 38.3 Å². The smallest absolute Gasteiger partial charge is 0.186 e. The first kappa shape index (κ1) is 22.6. The van der Waals surface area contributed by atoms with E-state index in [1.165, 1.54) is 0 Å². The second kappa shape index (κ2) is 11.9. The summed E-state index contributed by atoms with van der Waals surface area (Å²) in [5.41, 5.74) is 3.31. The molecule has 1 aliphatic rings. The predicted octanol–water partition coefficient (Wildman–Crippen LogP) is 4.75. The number of hydrogen-bond acceptors (Lipinski definition) is 5. The lowest BCUT2D eigenvalue weighted by Gasteiger charge is -2.24. The molecule has 0 aliphatic carbocycles. The lowest BCUT2D eigenvalue weighted by Crippen LogP contribution is -2.39.